The first-order chi connectivity index (χ1) is 46.8. The van der Waals surface area contributed by atoms with Gasteiger partial charge in [-0.15, -0.1) is 0 Å². The van der Waals surface area contributed by atoms with E-state index in [4.69, 9.17) is 0 Å². The number of nitrogens with zero attached hydrogens (tertiary/aromatic N) is 2. The van der Waals surface area contributed by atoms with Crippen molar-refractivity contribution in [3.8, 4) is 77.9 Å². The molecule has 0 fully saturated rings. The van der Waals surface area contributed by atoms with Crippen LogP contribution in [-0.2, 0) is 21.7 Å². The minimum Gasteiger partial charge on any atom is -0.307 e. The number of fused-ring (bicyclic) bond motifs is 16. The van der Waals surface area contributed by atoms with Crippen LogP contribution in [0.4, 0.5) is 0 Å². The Bertz CT molecular complexity index is 6220. The number of rotatable bonds is 6. The normalized spacial score (nSPS) is 13.6. The maximum absolute atomic E-state index is 2.77. The van der Waals surface area contributed by atoms with Gasteiger partial charge in [0.15, 0.2) is 0 Å². The topological polar surface area (TPSA) is 8.82 Å². The zero-order valence-electron chi connectivity index (χ0n) is 57.2. The molecular formula is C95H76N2. The first-order valence-electron chi connectivity index (χ1n) is 34.8. The molecule has 0 atom stereocenters. The van der Waals surface area contributed by atoms with Gasteiger partial charge in [-0.1, -0.05) is 282 Å². The molecule has 0 aliphatic heterocycles. The molecule has 4 aromatic heterocycles. The molecular weight excluding hydrogens is 1170 g/mol. The van der Waals surface area contributed by atoms with E-state index in [9.17, 15) is 0 Å². The van der Waals surface area contributed by atoms with Crippen LogP contribution < -0.4 is 0 Å². The quantitative estimate of drug-likeness (QED) is 0.147. The van der Waals surface area contributed by atoms with Crippen LogP contribution in [0.2, 0.25) is 0 Å². The predicted molar refractivity (Wildman–Crippen MR) is 417 cm³/mol. The van der Waals surface area contributed by atoms with Crippen LogP contribution >= 0.6 is 0 Å². The fraction of sp³-hybridized carbons (Fsp3) is 0.158. The van der Waals surface area contributed by atoms with Gasteiger partial charge in [0.2, 0.25) is 0 Å². The third kappa shape index (κ3) is 8.14. The summed E-state index contributed by atoms with van der Waals surface area (Å²) < 4.78 is 5.54. The number of aromatic nitrogens is 2. The van der Waals surface area contributed by atoms with E-state index in [1.807, 2.05) is 0 Å². The van der Waals surface area contributed by atoms with Crippen molar-refractivity contribution in [1.82, 2.24) is 8.80 Å². The Balaban J connectivity index is 1.15. The van der Waals surface area contributed by atoms with Crippen LogP contribution in [0.15, 0.2) is 261 Å². The Morgan fingerprint density at radius 1 is 0.237 bits per heavy atom. The summed E-state index contributed by atoms with van der Waals surface area (Å²) in [6.07, 6.45) is 0. The molecule has 0 spiro atoms. The van der Waals surface area contributed by atoms with Gasteiger partial charge >= 0.3 is 0 Å². The molecule has 4 bridgehead atoms. The maximum Gasteiger partial charge on any atom is 0.0634 e. The number of hydrogen-bond acceptors (Lipinski definition) is 0. The monoisotopic (exact) mass is 1240 g/mol. The molecule has 14 aromatic carbocycles. The van der Waals surface area contributed by atoms with E-state index >= 15 is 0 Å². The summed E-state index contributed by atoms with van der Waals surface area (Å²) in [5.41, 5.74) is 30.3. The van der Waals surface area contributed by atoms with Crippen molar-refractivity contribution in [3.05, 3.63) is 289 Å². The highest BCUT2D eigenvalue weighted by molar-refractivity contribution is 6.41. The van der Waals surface area contributed by atoms with Crippen LogP contribution in [0.3, 0.4) is 0 Å². The molecule has 18 aromatic rings. The lowest BCUT2D eigenvalue weighted by Gasteiger charge is -2.30. The second kappa shape index (κ2) is 20.1. The average molecular weight is 1250 g/mol. The average Bonchev–Trinajstić information content (AvgIpc) is 1.50. The van der Waals surface area contributed by atoms with Crippen molar-refractivity contribution in [1.29, 1.82) is 0 Å². The molecule has 0 saturated carbocycles. The molecule has 0 saturated heterocycles. The van der Waals surface area contributed by atoms with E-state index < -0.39 is 5.41 Å². The van der Waals surface area contributed by atoms with Gasteiger partial charge in [-0.3, -0.25) is 0 Å². The number of benzene rings is 14. The van der Waals surface area contributed by atoms with E-state index in [1.54, 1.807) is 0 Å². The number of hydrogen-bond donors (Lipinski definition) is 0. The van der Waals surface area contributed by atoms with Gasteiger partial charge in [0.05, 0.1) is 33.1 Å². The van der Waals surface area contributed by atoms with Gasteiger partial charge in [-0.05, 0) is 176 Å². The Hall–Kier alpha value is -10.8. The van der Waals surface area contributed by atoms with Crippen molar-refractivity contribution in [3.63, 3.8) is 0 Å². The lowest BCUT2D eigenvalue weighted by molar-refractivity contribution is 0.590. The summed E-state index contributed by atoms with van der Waals surface area (Å²) in [5.74, 6) is 0. The first-order valence-corrected chi connectivity index (χ1v) is 34.8. The second-order valence-corrected chi connectivity index (χ2v) is 31.5. The fourth-order valence-corrected chi connectivity index (χ4v) is 17.4. The van der Waals surface area contributed by atoms with E-state index in [2.05, 4.69) is 346 Å². The maximum atomic E-state index is 2.77. The molecule has 2 heteroatoms. The van der Waals surface area contributed by atoms with Crippen molar-refractivity contribution in [2.24, 2.45) is 0 Å². The van der Waals surface area contributed by atoms with Crippen LogP contribution in [0.5, 0.6) is 0 Å². The zero-order chi connectivity index (χ0) is 65.9. The van der Waals surface area contributed by atoms with E-state index in [1.165, 1.54) is 203 Å². The molecule has 0 amide bonds. The minimum absolute atomic E-state index is 0.0815. The highest BCUT2D eigenvalue weighted by Gasteiger charge is 2.38. The molecule has 0 radical (unpaired) electrons. The van der Waals surface area contributed by atoms with Crippen LogP contribution in [0.25, 0.3) is 176 Å². The van der Waals surface area contributed by atoms with E-state index in [0.717, 1.165) is 0 Å². The molecule has 0 unspecified atom stereocenters. The molecule has 466 valence electrons. The van der Waals surface area contributed by atoms with Gasteiger partial charge in [0.1, 0.15) is 0 Å². The Kier molecular flexibility index (Phi) is 12.0. The van der Waals surface area contributed by atoms with Crippen molar-refractivity contribution in [2.75, 3.05) is 0 Å². The first kappa shape index (κ1) is 57.6. The smallest absolute Gasteiger partial charge is 0.0634 e. The summed E-state index contributed by atoms with van der Waals surface area (Å²) >= 11 is 0. The van der Waals surface area contributed by atoms with E-state index in [-0.39, 0.29) is 16.2 Å². The lowest BCUT2D eigenvalue weighted by atomic mass is 9.73. The Morgan fingerprint density at radius 2 is 0.577 bits per heavy atom. The molecule has 19 rings (SSSR count). The highest BCUT2D eigenvalue weighted by atomic mass is 14.9. The Labute approximate surface area is 567 Å². The van der Waals surface area contributed by atoms with Gasteiger partial charge in [0.25, 0.3) is 0 Å². The molecule has 1 aliphatic rings. The van der Waals surface area contributed by atoms with Gasteiger partial charge in [-0.2, -0.15) is 0 Å². The zero-order valence-corrected chi connectivity index (χ0v) is 57.2. The van der Waals surface area contributed by atoms with Gasteiger partial charge < -0.3 is 8.80 Å². The summed E-state index contributed by atoms with van der Waals surface area (Å²) in [6, 6.07) is 101. The highest BCUT2D eigenvalue weighted by Crippen LogP contribution is 2.61. The molecule has 4 heterocycles. The summed E-state index contributed by atoms with van der Waals surface area (Å²) in [5, 5.41) is 15.2. The molecule has 97 heavy (non-hydrogen) atoms. The summed E-state index contributed by atoms with van der Waals surface area (Å²) in [6.45, 7) is 26.4. The third-order valence-corrected chi connectivity index (χ3v) is 22.4. The molecule has 2 nitrogen and oxygen atoms in total. The van der Waals surface area contributed by atoms with Gasteiger partial charge in [0, 0.05) is 70.8 Å². The lowest BCUT2D eigenvalue weighted by Crippen LogP contribution is -2.19. The molecule has 0 N–H and O–H groups in total. The Morgan fingerprint density at radius 3 is 1.02 bits per heavy atom. The minimum atomic E-state index is -0.442. The largest absolute Gasteiger partial charge is 0.307 e. The van der Waals surface area contributed by atoms with Crippen LogP contribution in [-0.4, -0.2) is 8.80 Å². The standard InChI is InChI=1S/C95H76N2/c1-92(2,3)59-43-46-78-71(48-59)74-51-62(94(7,8)9)52-76-84-86(81-66(57-32-20-14-21-33-57)40-27-41-67(81)58-34-22-15-23-35-58)90-85-77-54-63(53-75-72-49-60(93(4,5)6)44-47-79(72)97(90)89(75)77)95(10,11)61-42-45-70-73(50-61)83(87(85)91(84)96(78)88(74)76)69-37-25-24-36-68(69)82(70)80-64(55-28-16-12-17-29-55)38-26-39-65(80)56-30-18-13-19-31-56/h12-54H,1-11H3. The van der Waals surface area contributed by atoms with Crippen LogP contribution in [0, 0.1) is 0 Å². The fourth-order valence-electron chi connectivity index (χ4n) is 17.4. The third-order valence-electron chi connectivity index (χ3n) is 22.4. The predicted octanol–water partition coefficient (Wildman–Crippen LogP) is 26.5. The van der Waals surface area contributed by atoms with Gasteiger partial charge in [-0.25, -0.2) is 0 Å². The van der Waals surface area contributed by atoms with Crippen molar-refractivity contribution in [2.45, 2.75) is 97.8 Å². The van der Waals surface area contributed by atoms with Crippen LogP contribution in [0.1, 0.15) is 104 Å². The van der Waals surface area contributed by atoms with Crippen molar-refractivity contribution < 1.29 is 0 Å². The van der Waals surface area contributed by atoms with Crippen molar-refractivity contribution >= 4 is 97.7 Å². The van der Waals surface area contributed by atoms with E-state index in [0.29, 0.717) is 0 Å². The SMILES string of the molecule is CC(C)(C)c1ccc2c(c1)c1cc3cc4c5c(c6c(c(-c7c(-c8ccccc8)cccc7-c7ccccc7)c5n2c14)c1cc(C(C)(C)C)cc2c4cc(C(C)(C)C)ccc4n6c21)-c1c2ccccc2c(-c2c(-c4ccccc4)cccc2-c2ccccc2)c2ccc(cc12)C3(C)C. The summed E-state index contributed by atoms with van der Waals surface area (Å²) in [4.78, 5) is 0. The second-order valence-electron chi connectivity index (χ2n) is 31.5. The molecule has 1 aliphatic carbocycles. The summed E-state index contributed by atoms with van der Waals surface area (Å²) in [7, 11) is 0.